The first-order valence-electron chi connectivity index (χ1n) is 4.23. The maximum atomic E-state index is 10.3. The van der Waals surface area contributed by atoms with Crippen molar-refractivity contribution >= 4 is 35.2 Å². The number of nitrogens with one attached hydrogen (secondary N) is 3. The number of carbonyl (C=O) groups excluding carboxylic acids is 2. The minimum atomic E-state index is 0.470. The van der Waals surface area contributed by atoms with Gasteiger partial charge in [0.2, 0.25) is 12.8 Å². The predicted octanol–water partition coefficient (Wildman–Crippen LogP) is 0.700. The van der Waals surface area contributed by atoms with E-state index in [-0.39, 0.29) is 0 Å². The van der Waals surface area contributed by atoms with Gasteiger partial charge in [0.05, 0.1) is 5.52 Å². The molecule has 0 aliphatic rings. The van der Waals surface area contributed by atoms with Crippen LogP contribution in [0.4, 0.5) is 11.5 Å². The van der Waals surface area contributed by atoms with Crippen LogP contribution in [0.1, 0.15) is 0 Å². The quantitative estimate of drug-likeness (QED) is 0.640. The van der Waals surface area contributed by atoms with Crippen LogP contribution >= 0.6 is 0 Å². The van der Waals surface area contributed by atoms with E-state index in [0.29, 0.717) is 24.3 Å². The van der Waals surface area contributed by atoms with Gasteiger partial charge in [-0.05, 0) is 18.2 Å². The number of H-pyrrole nitrogens is 1. The van der Waals surface area contributed by atoms with E-state index in [4.69, 9.17) is 0 Å². The molecule has 0 bridgehead atoms. The fourth-order valence-corrected chi connectivity index (χ4v) is 1.34. The lowest BCUT2D eigenvalue weighted by Crippen LogP contribution is -1.94. The molecule has 6 heteroatoms. The van der Waals surface area contributed by atoms with Crippen LogP contribution in [0.5, 0.6) is 0 Å². The number of nitrogens with zero attached hydrogens (tertiary/aromatic N) is 1. The Kier molecular flexibility index (Phi) is 2.32. The number of aromatic amines is 1. The highest BCUT2D eigenvalue weighted by molar-refractivity contribution is 5.95. The number of rotatable bonds is 4. The van der Waals surface area contributed by atoms with Crippen LogP contribution in [0.25, 0.3) is 10.9 Å². The first kappa shape index (κ1) is 9.20. The Balaban J connectivity index is 2.46. The topological polar surface area (TPSA) is 86.9 Å². The molecule has 0 saturated heterocycles. The second kappa shape index (κ2) is 3.79. The zero-order valence-electron chi connectivity index (χ0n) is 7.65. The van der Waals surface area contributed by atoms with E-state index in [1.54, 1.807) is 18.2 Å². The van der Waals surface area contributed by atoms with Gasteiger partial charge in [-0.15, -0.1) is 0 Å². The standard InChI is InChI=1S/C9H8N4O2/c14-4-10-6-1-2-7-8(3-6)12-13-9(7)11-5-15/h1-5H,(H,10,14)(H2,11,12,13,15). The zero-order chi connectivity index (χ0) is 10.7. The molecule has 3 N–H and O–H groups in total. The Hall–Kier alpha value is -2.37. The molecule has 0 aliphatic heterocycles. The third kappa shape index (κ3) is 1.64. The van der Waals surface area contributed by atoms with Crippen LogP contribution in [-0.4, -0.2) is 23.0 Å². The van der Waals surface area contributed by atoms with E-state index < -0.39 is 0 Å². The third-order valence-electron chi connectivity index (χ3n) is 1.98. The van der Waals surface area contributed by atoms with Crippen LogP contribution in [0.3, 0.4) is 0 Å². The fourth-order valence-electron chi connectivity index (χ4n) is 1.34. The van der Waals surface area contributed by atoms with Gasteiger partial charge in [0, 0.05) is 11.1 Å². The summed E-state index contributed by atoms with van der Waals surface area (Å²) in [4.78, 5) is 20.5. The Morgan fingerprint density at radius 3 is 2.73 bits per heavy atom. The van der Waals surface area contributed by atoms with Gasteiger partial charge in [-0.3, -0.25) is 14.7 Å². The Labute approximate surface area is 84.7 Å². The van der Waals surface area contributed by atoms with Gasteiger partial charge in [0.1, 0.15) is 0 Å². The molecule has 1 heterocycles. The van der Waals surface area contributed by atoms with Gasteiger partial charge in [-0.2, -0.15) is 5.10 Å². The van der Waals surface area contributed by atoms with E-state index in [2.05, 4.69) is 20.8 Å². The van der Waals surface area contributed by atoms with Gasteiger partial charge in [0.25, 0.3) is 0 Å². The summed E-state index contributed by atoms with van der Waals surface area (Å²) in [5.74, 6) is 0.470. The minimum absolute atomic E-state index is 0.470. The van der Waals surface area contributed by atoms with Crippen molar-refractivity contribution in [2.24, 2.45) is 0 Å². The van der Waals surface area contributed by atoms with Crippen molar-refractivity contribution in [3.63, 3.8) is 0 Å². The molecule has 2 amide bonds. The number of anilines is 2. The summed E-state index contributed by atoms with van der Waals surface area (Å²) in [5.41, 5.74) is 1.41. The normalized spacial score (nSPS) is 9.87. The summed E-state index contributed by atoms with van der Waals surface area (Å²) in [7, 11) is 0. The summed E-state index contributed by atoms with van der Waals surface area (Å²) in [6, 6.07) is 5.21. The van der Waals surface area contributed by atoms with Gasteiger partial charge in [-0.1, -0.05) is 0 Å². The second-order valence-electron chi connectivity index (χ2n) is 2.86. The molecular formula is C9H8N4O2. The molecule has 0 aliphatic carbocycles. The molecule has 15 heavy (non-hydrogen) atoms. The number of carbonyl (C=O) groups is 2. The van der Waals surface area contributed by atoms with Crippen molar-refractivity contribution in [1.29, 1.82) is 0 Å². The number of amides is 2. The molecular weight excluding hydrogens is 196 g/mol. The SMILES string of the molecule is O=CNc1ccc2c(NC=O)n[nH]c2c1. The fraction of sp³-hybridized carbons (Fsp3) is 0. The smallest absolute Gasteiger partial charge is 0.212 e. The highest BCUT2D eigenvalue weighted by Gasteiger charge is 2.04. The first-order chi connectivity index (χ1) is 7.35. The average molecular weight is 204 g/mol. The van der Waals surface area contributed by atoms with E-state index >= 15 is 0 Å². The molecule has 76 valence electrons. The van der Waals surface area contributed by atoms with E-state index in [9.17, 15) is 9.59 Å². The number of benzene rings is 1. The van der Waals surface area contributed by atoms with Crippen LogP contribution in [0.15, 0.2) is 18.2 Å². The van der Waals surface area contributed by atoms with E-state index in [1.165, 1.54) is 0 Å². The highest BCUT2D eigenvalue weighted by Crippen LogP contribution is 2.22. The molecule has 0 spiro atoms. The summed E-state index contributed by atoms with van der Waals surface area (Å²) in [5, 5.41) is 12.4. The minimum Gasteiger partial charge on any atom is -0.329 e. The molecule has 0 radical (unpaired) electrons. The van der Waals surface area contributed by atoms with E-state index in [0.717, 1.165) is 10.9 Å². The Bertz CT molecular complexity index is 506. The number of fused-ring (bicyclic) bond motifs is 1. The molecule has 0 fully saturated rings. The second-order valence-corrected chi connectivity index (χ2v) is 2.86. The number of hydrogen-bond acceptors (Lipinski definition) is 3. The molecule has 1 aromatic carbocycles. The molecule has 1 aromatic heterocycles. The maximum absolute atomic E-state index is 10.3. The lowest BCUT2D eigenvalue weighted by Gasteiger charge is -1.98. The van der Waals surface area contributed by atoms with Crippen molar-refractivity contribution in [3.8, 4) is 0 Å². The van der Waals surface area contributed by atoms with Crippen molar-refractivity contribution in [1.82, 2.24) is 10.2 Å². The lowest BCUT2D eigenvalue weighted by molar-refractivity contribution is -0.106. The van der Waals surface area contributed by atoms with Crippen LogP contribution in [0, 0.1) is 0 Å². The monoisotopic (exact) mass is 204 g/mol. The van der Waals surface area contributed by atoms with Crippen LogP contribution in [0.2, 0.25) is 0 Å². The lowest BCUT2D eigenvalue weighted by atomic mass is 10.2. The third-order valence-corrected chi connectivity index (χ3v) is 1.98. The zero-order valence-corrected chi connectivity index (χ0v) is 7.65. The maximum Gasteiger partial charge on any atom is 0.212 e. The molecule has 0 saturated carbocycles. The average Bonchev–Trinajstić information content (AvgIpc) is 2.62. The van der Waals surface area contributed by atoms with Crippen molar-refractivity contribution in [3.05, 3.63) is 18.2 Å². The van der Waals surface area contributed by atoms with E-state index in [1.807, 2.05) is 0 Å². The predicted molar refractivity (Wildman–Crippen MR) is 55.5 cm³/mol. The molecule has 0 unspecified atom stereocenters. The van der Waals surface area contributed by atoms with Crippen LogP contribution in [-0.2, 0) is 9.59 Å². The first-order valence-corrected chi connectivity index (χ1v) is 4.23. The summed E-state index contributed by atoms with van der Waals surface area (Å²) in [6.07, 6.45) is 1.16. The molecule has 2 aromatic rings. The summed E-state index contributed by atoms with van der Waals surface area (Å²) < 4.78 is 0. The van der Waals surface area contributed by atoms with Gasteiger partial charge < -0.3 is 10.6 Å². The highest BCUT2D eigenvalue weighted by atomic mass is 16.1. The Morgan fingerprint density at radius 1 is 1.20 bits per heavy atom. The molecule has 2 rings (SSSR count). The summed E-state index contributed by atoms with van der Waals surface area (Å²) >= 11 is 0. The molecule has 6 nitrogen and oxygen atoms in total. The van der Waals surface area contributed by atoms with Crippen molar-refractivity contribution in [2.45, 2.75) is 0 Å². The van der Waals surface area contributed by atoms with Crippen LogP contribution < -0.4 is 10.6 Å². The van der Waals surface area contributed by atoms with Crippen molar-refractivity contribution in [2.75, 3.05) is 10.6 Å². The molecule has 0 atom stereocenters. The largest absolute Gasteiger partial charge is 0.329 e. The summed E-state index contributed by atoms with van der Waals surface area (Å²) in [6.45, 7) is 0. The number of aromatic nitrogens is 2. The van der Waals surface area contributed by atoms with Gasteiger partial charge >= 0.3 is 0 Å². The number of hydrogen-bond donors (Lipinski definition) is 3. The Morgan fingerprint density at radius 2 is 2.00 bits per heavy atom. The van der Waals surface area contributed by atoms with Crippen molar-refractivity contribution < 1.29 is 9.59 Å². The van der Waals surface area contributed by atoms with Gasteiger partial charge in [-0.25, -0.2) is 0 Å². The van der Waals surface area contributed by atoms with Gasteiger partial charge in [0.15, 0.2) is 5.82 Å².